The fraction of sp³-hybridized carbons (Fsp3) is 0.409. The van der Waals surface area contributed by atoms with E-state index in [4.69, 9.17) is 4.74 Å². The normalized spacial score (nSPS) is 21.6. The summed E-state index contributed by atoms with van der Waals surface area (Å²) in [6.07, 6.45) is 5.53. The Morgan fingerprint density at radius 1 is 1.21 bits per heavy atom. The molecule has 0 aliphatic carbocycles. The lowest BCUT2D eigenvalue weighted by atomic mass is 10.0. The predicted octanol–water partition coefficient (Wildman–Crippen LogP) is 2.53. The number of ether oxygens (including phenoxy) is 1. The molecule has 2 saturated heterocycles. The van der Waals surface area contributed by atoms with Gasteiger partial charge < -0.3 is 9.30 Å². The highest BCUT2D eigenvalue weighted by Gasteiger charge is 2.39. The molecule has 0 saturated carbocycles. The maximum atomic E-state index is 12.6. The third kappa shape index (κ3) is 3.12. The molecule has 2 bridgehead atoms. The van der Waals surface area contributed by atoms with Crippen LogP contribution in [0.4, 0.5) is 0 Å². The highest BCUT2D eigenvalue weighted by molar-refractivity contribution is 5.88. The molecule has 0 spiro atoms. The number of rotatable bonds is 5. The number of carbonyl (C=O) groups is 1. The SMILES string of the molecule is Cc1ncc(-c2ccc3cnc(CC(=O)CN4C[C@@H]5C[C@H]4CO5)cc3c2)n1C. The van der Waals surface area contributed by atoms with Crippen LogP contribution in [0, 0.1) is 6.92 Å². The number of hydrogen-bond donors (Lipinski definition) is 0. The average Bonchev–Trinajstić information content (AvgIpc) is 3.38. The Morgan fingerprint density at radius 3 is 2.82 bits per heavy atom. The van der Waals surface area contributed by atoms with Gasteiger partial charge in [0.25, 0.3) is 0 Å². The minimum Gasteiger partial charge on any atom is -0.375 e. The zero-order chi connectivity index (χ0) is 19.3. The van der Waals surface area contributed by atoms with Crippen LogP contribution < -0.4 is 0 Å². The first kappa shape index (κ1) is 17.5. The first-order valence-corrected chi connectivity index (χ1v) is 9.81. The molecule has 5 rings (SSSR count). The zero-order valence-electron chi connectivity index (χ0n) is 16.3. The molecule has 2 fully saturated rings. The van der Waals surface area contributed by atoms with E-state index in [0.717, 1.165) is 53.1 Å². The number of imidazole rings is 1. The standard InChI is InChI=1S/C22H24N4O2/c1-14-23-10-22(25(14)2)15-3-4-16-9-24-18(6-17(16)5-15)7-20(27)11-26-12-21-8-19(26)13-28-21/h3-6,9-10,19,21H,7-8,11-13H2,1-2H3/t19-,21-/m0/s1. The third-order valence-electron chi connectivity index (χ3n) is 6.07. The number of likely N-dealkylation sites (tertiary alicyclic amines) is 1. The number of morpholine rings is 1. The fourth-order valence-corrected chi connectivity index (χ4v) is 4.37. The highest BCUT2D eigenvalue weighted by atomic mass is 16.5. The quantitative estimate of drug-likeness (QED) is 0.685. The molecule has 3 aromatic rings. The Hall–Kier alpha value is -2.57. The number of hydrogen-bond acceptors (Lipinski definition) is 5. The molecule has 2 aliphatic rings. The number of aromatic nitrogens is 3. The summed E-state index contributed by atoms with van der Waals surface area (Å²) in [6.45, 7) is 4.15. The van der Waals surface area contributed by atoms with E-state index >= 15 is 0 Å². The smallest absolute Gasteiger partial charge is 0.152 e. The summed E-state index contributed by atoms with van der Waals surface area (Å²) in [4.78, 5) is 23.7. The third-order valence-corrected chi connectivity index (χ3v) is 6.07. The molecule has 0 unspecified atom stereocenters. The second-order valence-electron chi connectivity index (χ2n) is 7.98. The van der Waals surface area contributed by atoms with Crippen molar-refractivity contribution in [3.63, 3.8) is 0 Å². The first-order chi connectivity index (χ1) is 13.6. The Morgan fingerprint density at radius 2 is 2.11 bits per heavy atom. The predicted molar refractivity (Wildman–Crippen MR) is 107 cm³/mol. The second kappa shape index (κ2) is 6.79. The van der Waals surface area contributed by atoms with Crippen molar-refractivity contribution < 1.29 is 9.53 Å². The lowest BCUT2D eigenvalue weighted by Gasteiger charge is -2.25. The lowest BCUT2D eigenvalue weighted by molar-refractivity contribution is -0.120. The topological polar surface area (TPSA) is 60.3 Å². The molecule has 6 heteroatoms. The number of ketones is 1. The molecule has 144 valence electrons. The monoisotopic (exact) mass is 376 g/mol. The van der Waals surface area contributed by atoms with Gasteiger partial charge in [0.1, 0.15) is 5.82 Å². The van der Waals surface area contributed by atoms with E-state index in [0.29, 0.717) is 25.1 Å². The van der Waals surface area contributed by atoms with Crippen LogP contribution in [0.2, 0.25) is 0 Å². The van der Waals surface area contributed by atoms with Crippen LogP contribution >= 0.6 is 0 Å². The van der Waals surface area contributed by atoms with Crippen molar-refractivity contribution in [2.75, 3.05) is 19.7 Å². The van der Waals surface area contributed by atoms with Gasteiger partial charge in [-0.2, -0.15) is 0 Å². The summed E-state index contributed by atoms with van der Waals surface area (Å²) in [6, 6.07) is 8.78. The van der Waals surface area contributed by atoms with Gasteiger partial charge in [0, 0.05) is 42.5 Å². The Bertz CT molecular complexity index is 1060. The zero-order valence-corrected chi connectivity index (χ0v) is 16.3. The maximum Gasteiger partial charge on any atom is 0.152 e. The van der Waals surface area contributed by atoms with E-state index in [2.05, 4.69) is 37.6 Å². The molecule has 6 nitrogen and oxygen atoms in total. The Labute approximate surface area is 164 Å². The molecule has 4 heterocycles. The van der Waals surface area contributed by atoms with Crippen molar-refractivity contribution in [2.24, 2.45) is 7.05 Å². The molecule has 28 heavy (non-hydrogen) atoms. The van der Waals surface area contributed by atoms with E-state index in [1.807, 2.05) is 32.4 Å². The van der Waals surface area contributed by atoms with Crippen LogP contribution in [0.15, 0.2) is 36.7 Å². The van der Waals surface area contributed by atoms with Gasteiger partial charge in [0.05, 0.1) is 37.6 Å². The van der Waals surface area contributed by atoms with Crippen molar-refractivity contribution in [1.82, 2.24) is 19.4 Å². The van der Waals surface area contributed by atoms with E-state index < -0.39 is 0 Å². The van der Waals surface area contributed by atoms with Crippen LogP contribution in [0.3, 0.4) is 0 Å². The highest BCUT2D eigenvalue weighted by Crippen LogP contribution is 2.28. The molecule has 2 aliphatic heterocycles. The molecule has 1 aromatic carbocycles. The van der Waals surface area contributed by atoms with Crippen LogP contribution in [-0.2, 0) is 23.0 Å². The van der Waals surface area contributed by atoms with Gasteiger partial charge in [0.15, 0.2) is 5.78 Å². The lowest BCUT2D eigenvalue weighted by Crippen LogP contribution is -2.40. The molecule has 2 atom stereocenters. The van der Waals surface area contributed by atoms with Gasteiger partial charge in [-0.15, -0.1) is 0 Å². The van der Waals surface area contributed by atoms with Crippen molar-refractivity contribution in [1.29, 1.82) is 0 Å². The van der Waals surface area contributed by atoms with Crippen molar-refractivity contribution in [3.8, 4) is 11.3 Å². The Kier molecular flexibility index (Phi) is 4.25. The fourth-order valence-electron chi connectivity index (χ4n) is 4.37. The summed E-state index contributed by atoms with van der Waals surface area (Å²) in [5, 5.41) is 2.18. The molecular weight excluding hydrogens is 352 g/mol. The summed E-state index contributed by atoms with van der Waals surface area (Å²) < 4.78 is 7.70. The van der Waals surface area contributed by atoms with Gasteiger partial charge in [-0.25, -0.2) is 4.98 Å². The molecule has 0 amide bonds. The molecular formula is C22H24N4O2. The van der Waals surface area contributed by atoms with Gasteiger partial charge in [-0.3, -0.25) is 14.7 Å². The van der Waals surface area contributed by atoms with Crippen LogP contribution in [-0.4, -0.2) is 57.1 Å². The molecule has 2 aromatic heterocycles. The summed E-state index contributed by atoms with van der Waals surface area (Å²) >= 11 is 0. The van der Waals surface area contributed by atoms with Crippen LogP contribution in [0.25, 0.3) is 22.0 Å². The van der Waals surface area contributed by atoms with Crippen molar-refractivity contribution in [3.05, 3.63) is 48.2 Å². The van der Waals surface area contributed by atoms with Crippen LogP contribution in [0.1, 0.15) is 17.9 Å². The average molecular weight is 376 g/mol. The molecule has 0 N–H and O–H groups in total. The molecule has 0 radical (unpaired) electrons. The minimum atomic E-state index is 0.220. The van der Waals surface area contributed by atoms with Crippen LogP contribution in [0.5, 0.6) is 0 Å². The van der Waals surface area contributed by atoms with E-state index in [-0.39, 0.29) is 5.78 Å². The number of aryl methyl sites for hydroxylation is 1. The van der Waals surface area contributed by atoms with E-state index in [1.165, 1.54) is 0 Å². The first-order valence-electron chi connectivity index (χ1n) is 9.81. The van der Waals surface area contributed by atoms with E-state index in [9.17, 15) is 4.79 Å². The van der Waals surface area contributed by atoms with Gasteiger partial charge >= 0.3 is 0 Å². The largest absolute Gasteiger partial charge is 0.375 e. The van der Waals surface area contributed by atoms with Crippen molar-refractivity contribution in [2.45, 2.75) is 31.9 Å². The number of pyridine rings is 1. The number of fused-ring (bicyclic) bond motifs is 3. The summed E-state index contributed by atoms with van der Waals surface area (Å²) in [5.74, 6) is 1.20. The number of benzene rings is 1. The van der Waals surface area contributed by atoms with Crippen molar-refractivity contribution >= 4 is 16.6 Å². The minimum absolute atomic E-state index is 0.220. The number of nitrogens with zero attached hydrogens (tertiary/aromatic N) is 4. The Balaban J connectivity index is 1.35. The van der Waals surface area contributed by atoms with Gasteiger partial charge in [-0.05, 0) is 30.9 Å². The second-order valence-corrected chi connectivity index (χ2v) is 7.98. The van der Waals surface area contributed by atoms with E-state index in [1.54, 1.807) is 0 Å². The van der Waals surface area contributed by atoms with Gasteiger partial charge in [0.2, 0.25) is 0 Å². The number of Topliss-reactive ketones (excluding diaryl/α,β-unsaturated/α-hetero) is 1. The van der Waals surface area contributed by atoms with Gasteiger partial charge in [-0.1, -0.05) is 12.1 Å². The number of carbonyl (C=O) groups excluding carboxylic acids is 1. The maximum absolute atomic E-state index is 12.6. The summed E-state index contributed by atoms with van der Waals surface area (Å²) in [7, 11) is 2.02. The summed E-state index contributed by atoms with van der Waals surface area (Å²) in [5.41, 5.74) is 3.03.